The van der Waals surface area contributed by atoms with Gasteiger partial charge in [0, 0.05) is 12.1 Å². The molecule has 0 aromatic heterocycles. The molecule has 0 radical (unpaired) electrons. The quantitative estimate of drug-likeness (QED) is 0.920. The van der Waals surface area contributed by atoms with E-state index in [1.54, 1.807) is 36.4 Å². The van der Waals surface area contributed by atoms with Crippen LogP contribution in [0.1, 0.15) is 5.56 Å². The van der Waals surface area contributed by atoms with Crippen LogP contribution in [0.15, 0.2) is 48.5 Å². The van der Waals surface area contributed by atoms with Crippen molar-refractivity contribution in [2.75, 3.05) is 0 Å². The van der Waals surface area contributed by atoms with Crippen molar-refractivity contribution < 1.29 is 17.9 Å². The molecule has 0 aliphatic heterocycles. The van der Waals surface area contributed by atoms with Crippen molar-refractivity contribution in [2.24, 2.45) is 5.73 Å². The predicted octanol–water partition coefficient (Wildman–Crippen LogP) is 3.71. The number of hydrogen-bond acceptors (Lipinski definition) is 2. The van der Waals surface area contributed by atoms with E-state index < -0.39 is 6.36 Å². The number of alkyl halides is 3. The first kappa shape index (κ1) is 13.4. The van der Waals surface area contributed by atoms with Gasteiger partial charge >= 0.3 is 6.36 Å². The molecule has 0 saturated carbocycles. The summed E-state index contributed by atoms with van der Waals surface area (Å²) in [5.74, 6) is -0.226. The molecule has 100 valence electrons. The molecule has 0 bridgehead atoms. The van der Waals surface area contributed by atoms with Crippen molar-refractivity contribution in [1.29, 1.82) is 0 Å². The molecule has 2 rings (SSSR count). The number of para-hydroxylation sites is 1. The molecule has 2 aromatic rings. The maximum atomic E-state index is 12.4. The Morgan fingerprint density at radius 3 is 2.11 bits per heavy atom. The Kier molecular flexibility index (Phi) is 3.76. The summed E-state index contributed by atoms with van der Waals surface area (Å²) in [6, 6.07) is 13.1. The lowest BCUT2D eigenvalue weighted by Gasteiger charge is -2.15. The second-order valence-corrected chi connectivity index (χ2v) is 3.91. The fourth-order valence-corrected chi connectivity index (χ4v) is 1.86. The topological polar surface area (TPSA) is 35.2 Å². The third-order valence-corrected chi connectivity index (χ3v) is 2.64. The second kappa shape index (κ2) is 5.32. The number of halogens is 3. The molecule has 0 spiro atoms. The van der Waals surface area contributed by atoms with E-state index in [1.165, 1.54) is 12.1 Å². The van der Waals surface area contributed by atoms with Crippen molar-refractivity contribution in [3.05, 3.63) is 54.1 Å². The molecular formula is C14H12F3NO. The Bertz CT molecular complexity index is 567. The SMILES string of the molecule is NCc1ccccc1-c1ccccc1OC(F)(F)F. The summed E-state index contributed by atoms with van der Waals surface area (Å²) in [4.78, 5) is 0. The molecule has 0 saturated heterocycles. The molecule has 0 atom stereocenters. The zero-order chi connectivity index (χ0) is 13.9. The van der Waals surface area contributed by atoms with Crippen molar-refractivity contribution in [3.63, 3.8) is 0 Å². The Morgan fingerprint density at radius 2 is 1.47 bits per heavy atom. The zero-order valence-corrected chi connectivity index (χ0v) is 9.95. The Hall–Kier alpha value is -2.01. The standard InChI is InChI=1S/C14H12F3NO/c15-14(16,17)19-13-8-4-3-7-12(13)11-6-2-1-5-10(11)9-18/h1-8H,9,18H2. The molecule has 0 fully saturated rings. The minimum Gasteiger partial charge on any atom is -0.405 e. The Labute approximate surface area is 108 Å². The van der Waals surface area contributed by atoms with E-state index in [0.717, 1.165) is 5.56 Å². The van der Waals surface area contributed by atoms with Gasteiger partial charge in [-0.15, -0.1) is 13.2 Å². The highest BCUT2D eigenvalue weighted by Crippen LogP contribution is 2.35. The van der Waals surface area contributed by atoms with Gasteiger partial charge in [-0.05, 0) is 17.2 Å². The van der Waals surface area contributed by atoms with Crippen LogP contribution in [-0.4, -0.2) is 6.36 Å². The minimum absolute atomic E-state index is 0.226. The smallest absolute Gasteiger partial charge is 0.405 e. The van der Waals surface area contributed by atoms with Gasteiger partial charge in [-0.2, -0.15) is 0 Å². The van der Waals surface area contributed by atoms with Gasteiger partial charge in [-0.25, -0.2) is 0 Å². The van der Waals surface area contributed by atoms with Gasteiger partial charge in [-0.1, -0.05) is 42.5 Å². The fraction of sp³-hybridized carbons (Fsp3) is 0.143. The van der Waals surface area contributed by atoms with Gasteiger partial charge in [0.05, 0.1) is 0 Å². The summed E-state index contributed by atoms with van der Waals surface area (Å²) in [7, 11) is 0. The van der Waals surface area contributed by atoms with Crippen LogP contribution in [0.5, 0.6) is 5.75 Å². The van der Waals surface area contributed by atoms with Gasteiger partial charge in [0.1, 0.15) is 5.75 Å². The summed E-state index contributed by atoms with van der Waals surface area (Å²) in [5, 5.41) is 0. The largest absolute Gasteiger partial charge is 0.573 e. The first-order valence-electron chi connectivity index (χ1n) is 5.64. The van der Waals surface area contributed by atoms with E-state index in [9.17, 15) is 13.2 Å². The van der Waals surface area contributed by atoms with Crippen LogP contribution in [0, 0.1) is 0 Å². The van der Waals surface area contributed by atoms with Crippen LogP contribution in [-0.2, 0) is 6.54 Å². The minimum atomic E-state index is -4.71. The number of benzene rings is 2. The van der Waals surface area contributed by atoms with Crippen LogP contribution in [0.2, 0.25) is 0 Å². The van der Waals surface area contributed by atoms with Crippen LogP contribution in [0.4, 0.5) is 13.2 Å². The van der Waals surface area contributed by atoms with E-state index in [4.69, 9.17) is 5.73 Å². The average Bonchev–Trinajstić information content (AvgIpc) is 2.37. The van der Waals surface area contributed by atoms with E-state index in [2.05, 4.69) is 4.74 Å². The summed E-state index contributed by atoms with van der Waals surface area (Å²) < 4.78 is 41.2. The highest BCUT2D eigenvalue weighted by Gasteiger charge is 2.32. The van der Waals surface area contributed by atoms with Crippen molar-refractivity contribution in [2.45, 2.75) is 12.9 Å². The fourth-order valence-electron chi connectivity index (χ4n) is 1.86. The zero-order valence-electron chi connectivity index (χ0n) is 9.95. The lowest BCUT2D eigenvalue weighted by Crippen LogP contribution is -2.17. The van der Waals surface area contributed by atoms with E-state index in [1.807, 2.05) is 0 Å². The van der Waals surface area contributed by atoms with Crippen LogP contribution in [0.3, 0.4) is 0 Å². The monoisotopic (exact) mass is 267 g/mol. The summed E-state index contributed by atoms with van der Waals surface area (Å²) in [6.45, 7) is 0.247. The molecule has 2 N–H and O–H groups in total. The van der Waals surface area contributed by atoms with Gasteiger partial charge in [0.25, 0.3) is 0 Å². The first-order valence-corrected chi connectivity index (χ1v) is 5.64. The summed E-state index contributed by atoms with van der Waals surface area (Å²) in [5.41, 5.74) is 7.39. The summed E-state index contributed by atoms with van der Waals surface area (Å²) in [6.07, 6.45) is -4.71. The van der Waals surface area contributed by atoms with Gasteiger partial charge in [-0.3, -0.25) is 0 Å². The molecule has 0 unspecified atom stereocenters. The number of nitrogens with two attached hydrogens (primary N) is 1. The third kappa shape index (κ3) is 3.26. The van der Waals surface area contributed by atoms with Crippen molar-refractivity contribution in [3.8, 4) is 16.9 Å². The molecular weight excluding hydrogens is 255 g/mol. The van der Waals surface area contributed by atoms with E-state index >= 15 is 0 Å². The Morgan fingerprint density at radius 1 is 0.895 bits per heavy atom. The lowest BCUT2D eigenvalue weighted by molar-refractivity contribution is -0.274. The molecule has 0 aliphatic carbocycles. The van der Waals surface area contributed by atoms with Gasteiger partial charge in [0.15, 0.2) is 0 Å². The maximum Gasteiger partial charge on any atom is 0.573 e. The lowest BCUT2D eigenvalue weighted by atomic mass is 9.99. The third-order valence-electron chi connectivity index (χ3n) is 2.64. The normalized spacial score (nSPS) is 11.4. The predicted molar refractivity (Wildman–Crippen MR) is 66.5 cm³/mol. The van der Waals surface area contributed by atoms with E-state index in [0.29, 0.717) is 11.1 Å². The van der Waals surface area contributed by atoms with Crippen molar-refractivity contribution in [1.82, 2.24) is 0 Å². The first-order chi connectivity index (χ1) is 9.01. The number of ether oxygens (including phenoxy) is 1. The molecule has 5 heteroatoms. The maximum absolute atomic E-state index is 12.4. The number of rotatable bonds is 3. The Balaban J connectivity index is 2.50. The molecule has 0 aliphatic rings. The average molecular weight is 267 g/mol. The number of hydrogen-bond donors (Lipinski definition) is 1. The molecule has 0 heterocycles. The highest BCUT2D eigenvalue weighted by atomic mass is 19.4. The molecule has 2 aromatic carbocycles. The van der Waals surface area contributed by atoms with Crippen LogP contribution >= 0.6 is 0 Å². The molecule has 2 nitrogen and oxygen atoms in total. The van der Waals surface area contributed by atoms with E-state index in [-0.39, 0.29) is 12.3 Å². The summed E-state index contributed by atoms with van der Waals surface area (Å²) >= 11 is 0. The van der Waals surface area contributed by atoms with Crippen molar-refractivity contribution >= 4 is 0 Å². The molecule has 0 amide bonds. The van der Waals surface area contributed by atoms with Gasteiger partial charge in [0.2, 0.25) is 0 Å². The van der Waals surface area contributed by atoms with Crippen LogP contribution < -0.4 is 10.5 Å². The second-order valence-electron chi connectivity index (χ2n) is 3.91. The van der Waals surface area contributed by atoms with Crippen LogP contribution in [0.25, 0.3) is 11.1 Å². The molecule has 19 heavy (non-hydrogen) atoms. The highest BCUT2D eigenvalue weighted by molar-refractivity contribution is 5.73. The van der Waals surface area contributed by atoms with Gasteiger partial charge < -0.3 is 10.5 Å².